The van der Waals surface area contributed by atoms with Crippen molar-refractivity contribution in [2.24, 2.45) is 0 Å². The third-order valence-electron chi connectivity index (χ3n) is 4.16. The molecule has 1 saturated carbocycles. The molecule has 1 aliphatic carbocycles. The maximum atomic E-state index is 6.06. The van der Waals surface area contributed by atoms with E-state index in [1.807, 2.05) is 19.2 Å². The molecule has 0 amide bonds. The minimum Gasteiger partial charge on any atom is -0.396 e. The first-order valence-corrected chi connectivity index (χ1v) is 6.55. The quantitative estimate of drug-likeness (QED) is 0.884. The highest BCUT2D eigenvalue weighted by Gasteiger charge is 2.40. The summed E-state index contributed by atoms with van der Waals surface area (Å²) in [6, 6.07) is 1.99. The van der Waals surface area contributed by atoms with Gasteiger partial charge in [0.25, 0.3) is 0 Å². The minimum absolute atomic E-state index is 0.299. The first-order valence-electron chi connectivity index (χ1n) is 6.55. The molecule has 0 aromatic carbocycles. The molecule has 2 rings (SSSR count). The fraction of sp³-hybridized carbons (Fsp3) is 0.643. The summed E-state index contributed by atoms with van der Waals surface area (Å²) in [6.07, 6.45) is 5.72. The van der Waals surface area contributed by atoms with Crippen molar-refractivity contribution in [2.45, 2.75) is 31.7 Å². The molecule has 1 aliphatic rings. The highest BCUT2D eigenvalue weighted by atomic mass is 15.3. The van der Waals surface area contributed by atoms with Crippen molar-refractivity contribution in [3.8, 4) is 0 Å². The highest BCUT2D eigenvalue weighted by molar-refractivity contribution is 5.63. The van der Waals surface area contributed by atoms with Crippen LogP contribution in [0.5, 0.6) is 0 Å². The molecular weight excluding hydrogens is 224 g/mol. The number of hydrogen-bond acceptors (Lipinski definition) is 4. The number of pyridine rings is 1. The predicted octanol–water partition coefficient (Wildman–Crippen LogP) is 1.89. The number of nitrogens with two attached hydrogens (primary N) is 1. The number of likely N-dealkylation sites (N-methyl/N-ethyl adjacent to an activating group) is 2. The second-order valence-corrected chi connectivity index (χ2v) is 5.75. The van der Waals surface area contributed by atoms with Gasteiger partial charge in [0.05, 0.1) is 5.69 Å². The Bertz CT molecular complexity index is 424. The topological polar surface area (TPSA) is 45.4 Å². The molecule has 2 N–H and O–H groups in total. The first kappa shape index (κ1) is 13.1. The minimum atomic E-state index is 0.299. The number of nitrogen functional groups attached to an aromatic ring is 1. The number of aromatic nitrogens is 1. The summed E-state index contributed by atoms with van der Waals surface area (Å²) in [5.41, 5.74) is 8.23. The maximum absolute atomic E-state index is 6.06. The van der Waals surface area contributed by atoms with Gasteiger partial charge in [-0.3, -0.25) is 0 Å². The summed E-state index contributed by atoms with van der Waals surface area (Å²) in [5, 5.41) is 0. The summed E-state index contributed by atoms with van der Waals surface area (Å²) in [5.74, 6) is 0.897. The monoisotopic (exact) mass is 248 g/mol. The first-order chi connectivity index (χ1) is 8.44. The van der Waals surface area contributed by atoms with Gasteiger partial charge in [0.1, 0.15) is 0 Å². The molecule has 1 aromatic heterocycles. The normalized spacial score (nSPS) is 17.6. The van der Waals surface area contributed by atoms with Gasteiger partial charge in [-0.2, -0.15) is 0 Å². The van der Waals surface area contributed by atoms with Crippen LogP contribution < -0.4 is 10.6 Å². The molecular formula is C14H24N4. The molecule has 0 bridgehead atoms. The van der Waals surface area contributed by atoms with E-state index in [-0.39, 0.29) is 0 Å². The Balaban J connectivity index is 2.14. The van der Waals surface area contributed by atoms with E-state index in [0.717, 1.165) is 23.6 Å². The van der Waals surface area contributed by atoms with E-state index < -0.39 is 0 Å². The van der Waals surface area contributed by atoms with E-state index in [4.69, 9.17) is 5.73 Å². The Hall–Kier alpha value is -1.29. The van der Waals surface area contributed by atoms with E-state index in [9.17, 15) is 0 Å². The molecule has 4 heteroatoms. The fourth-order valence-electron chi connectivity index (χ4n) is 2.75. The lowest BCUT2D eigenvalue weighted by Gasteiger charge is -2.49. The maximum Gasteiger partial charge on any atom is 0.151 e. The zero-order valence-corrected chi connectivity index (χ0v) is 11.9. The van der Waals surface area contributed by atoms with Crippen LogP contribution in [0.25, 0.3) is 0 Å². The van der Waals surface area contributed by atoms with Gasteiger partial charge in [0, 0.05) is 25.3 Å². The lowest BCUT2D eigenvalue weighted by atomic mass is 9.75. The van der Waals surface area contributed by atoms with E-state index in [0.29, 0.717) is 5.54 Å². The zero-order valence-electron chi connectivity index (χ0n) is 11.9. The largest absolute Gasteiger partial charge is 0.396 e. The molecule has 1 heterocycles. The number of hydrogen-bond donors (Lipinski definition) is 1. The molecule has 0 spiro atoms. The average Bonchev–Trinajstić information content (AvgIpc) is 2.22. The Morgan fingerprint density at radius 3 is 2.44 bits per heavy atom. The summed E-state index contributed by atoms with van der Waals surface area (Å²) < 4.78 is 0. The van der Waals surface area contributed by atoms with E-state index in [1.54, 1.807) is 0 Å². The van der Waals surface area contributed by atoms with Crippen LogP contribution in [-0.4, -0.2) is 43.1 Å². The van der Waals surface area contributed by atoms with Crippen molar-refractivity contribution in [3.63, 3.8) is 0 Å². The summed E-state index contributed by atoms with van der Waals surface area (Å²) >= 11 is 0. The average molecular weight is 248 g/mol. The van der Waals surface area contributed by atoms with Gasteiger partial charge in [-0.25, -0.2) is 4.98 Å². The Morgan fingerprint density at radius 2 is 2.00 bits per heavy atom. The van der Waals surface area contributed by atoms with Crippen LogP contribution in [0.1, 0.15) is 24.8 Å². The van der Waals surface area contributed by atoms with Crippen molar-refractivity contribution >= 4 is 11.5 Å². The Kier molecular flexibility index (Phi) is 3.48. The van der Waals surface area contributed by atoms with E-state index in [1.165, 1.54) is 19.3 Å². The van der Waals surface area contributed by atoms with Gasteiger partial charge in [0.15, 0.2) is 5.82 Å². The van der Waals surface area contributed by atoms with Gasteiger partial charge in [-0.1, -0.05) is 0 Å². The third-order valence-corrected chi connectivity index (χ3v) is 4.16. The number of aryl methyl sites for hydroxylation is 1. The van der Waals surface area contributed by atoms with Crippen LogP contribution in [-0.2, 0) is 0 Å². The molecule has 1 aromatic rings. The molecule has 100 valence electrons. The highest BCUT2D eigenvalue weighted by Crippen LogP contribution is 2.37. The van der Waals surface area contributed by atoms with E-state index >= 15 is 0 Å². The molecule has 0 atom stereocenters. The van der Waals surface area contributed by atoms with Crippen molar-refractivity contribution < 1.29 is 0 Å². The smallest absolute Gasteiger partial charge is 0.151 e. The van der Waals surface area contributed by atoms with Gasteiger partial charge < -0.3 is 15.5 Å². The van der Waals surface area contributed by atoms with Crippen LogP contribution in [0.15, 0.2) is 12.3 Å². The SMILES string of the molecule is Cc1cnc(N(C)CC2(N(C)C)CCC2)c(N)c1. The van der Waals surface area contributed by atoms with Crippen LogP contribution in [0.3, 0.4) is 0 Å². The lowest BCUT2D eigenvalue weighted by molar-refractivity contribution is 0.0682. The standard InChI is InChI=1S/C14H24N4/c1-11-8-12(15)13(16-9-11)18(4)10-14(17(2)3)6-5-7-14/h8-9H,5-7,10,15H2,1-4H3. The number of anilines is 2. The van der Waals surface area contributed by atoms with Gasteiger partial charge in [-0.15, -0.1) is 0 Å². The van der Waals surface area contributed by atoms with Gasteiger partial charge >= 0.3 is 0 Å². The number of nitrogens with zero attached hydrogens (tertiary/aromatic N) is 3. The Labute approximate surface area is 110 Å². The van der Waals surface area contributed by atoms with Gasteiger partial charge in [-0.05, 0) is 51.9 Å². The lowest BCUT2D eigenvalue weighted by Crippen LogP contribution is -2.56. The second kappa shape index (κ2) is 4.76. The van der Waals surface area contributed by atoms with Crippen molar-refractivity contribution in [3.05, 3.63) is 17.8 Å². The van der Waals surface area contributed by atoms with Crippen molar-refractivity contribution in [1.82, 2.24) is 9.88 Å². The van der Waals surface area contributed by atoms with Crippen LogP contribution in [0.4, 0.5) is 11.5 Å². The summed E-state index contributed by atoms with van der Waals surface area (Å²) in [6.45, 7) is 3.00. The van der Waals surface area contributed by atoms with Crippen molar-refractivity contribution in [2.75, 3.05) is 38.3 Å². The predicted molar refractivity (Wildman–Crippen MR) is 76.9 cm³/mol. The fourth-order valence-corrected chi connectivity index (χ4v) is 2.75. The molecule has 18 heavy (non-hydrogen) atoms. The molecule has 0 radical (unpaired) electrons. The van der Waals surface area contributed by atoms with Crippen LogP contribution in [0, 0.1) is 6.92 Å². The molecule has 0 saturated heterocycles. The van der Waals surface area contributed by atoms with Gasteiger partial charge in [0.2, 0.25) is 0 Å². The third kappa shape index (κ3) is 2.29. The van der Waals surface area contributed by atoms with Crippen molar-refractivity contribution in [1.29, 1.82) is 0 Å². The molecule has 1 fully saturated rings. The number of rotatable bonds is 4. The summed E-state index contributed by atoms with van der Waals surface area (Å²) in [4.78, 5) is 9.00. The summed E-state index contributed by atoms with van der Waals surface area (Å²) in [7, 11) is 6.41. The molecule has 0 aliphatic heterocycles. The Morgan fingerprint density at radius 1 is 1.33 bits per heavy atom. The van der Waals surface area contributed by atoms with Crippen LogP contribution in [0.2, 0.25) is 0 Å². The molecule has 4 nitrogen and oxygen atoms in total. The van der Waals surface area contributed by atoms with Crippen LogP contribution >= 0.6 is 0 Å². The second-order valence-electron chi connectivity index (χ2n) is 5.75. The van der Waals surface area contributed by atoms with E-state index in [2.05, 4.69) is 35.9 Å². The zero-order chi connectivity index (χ0) is 13.3. The molecule has 0 unspecified atom stereocenters.